The average molecular weight is 240 g/mol. The van der Waals surface area contributed by atoms with Crippen LogP contribution >= 0.6 is 0 Å². The summed E-state index contributed by atoms with van der Waals surface area (Å²) in [5.74, 6) is -3.26. The van der Waals surface area contributed by atoms with Gasteiger partial charge in [-0.15, -0.1) is 0 Å². The van der Waals surface area contributed by atoms with Gasteiger partial charge in [0.25, 0.3) is 0 Å². The monoisotopic (exact) mass is 240 g/mol. The SMILES string of the molecule is COC(=O)C1C(=O)OC(C2CCCCC2)C1=O. The topological polar surface area (TPSA) is 69.7 Å². The molecular weight excluding hydrogens is 224 g/mol. The summed E-state index contributed by atoms with van der Waals surface area (Å²) in [7, 11) is 1.16. The number of carbonyl (C=O) groups is 3. The second-order valence-corrected chi connectivity index (χ2v) is 4.61. The number of esters is 2. The molecule has 2 fully saturated rings. The van der Waals surface area contributed by atoms with E-state index in [0.29, 0.717) is 0 Å². The van der Waals surface area contributed by atoms with E-state index in [9.17, 15) is 14.4 Å². The molecule has 0 aromatic carbocycles. The van der Waals surface area contributed by atoms with E-state index in [1.54, 1.807) is 0 Å². The highest BCUT2D eigenvalue weighted by molar-refractivity contribution is 6.19. The fourth-order valence-corrected chi connectivity index (χ4v) is 2.63. The summed E-state index contributed by atoms with van der Waals surface area (Å²) < 4.78 is 9.51. The van der Waals surface area contributed by atoms with E-state index >= 15 is 0 Å². The highest BCUT2D eigenvalue weighted by Crippen LogP contribution is 2.33. The number of carbonyl (C=O) groups excluding carboxylic acids is 3. The molecule has 0 aromatic rings. The van der Waals surface area contributed by atoms with E-state index < -0.39 is 29.7 Å². The zero-order chi connectivity index (χ0) is 12.4. The van der Waals surface area contributed by atoms with Gasteiger partial charge in [0.2, 0.25) is 5.92 Å². The van der Waals surface area contributed by atoms with Gasteiger partial charge < -0.3 is 9.47 Å². The summed E-state index contributed by atoms with van der Waals surface area (Å²) in [5, 5.41) is 0. The Morgan fingerprint density at radius 1 is 1.24 bits per heavy atom. The van der Waals surface area contributed by atoms with Crippen LogP contribution in [0.4, 0.5) is 0 Å². The Balaban J connectivity index is 2.09. The van der Waals surface area contributed by atoms with Gasteiger partial charge in [-0.25, -0.2) is 0 Å². The van der Waals surface area contributed by atoms with Crippen LogP contribution in [0.25, 0.3) is 0 Å². The molecule has 2 aliphatic rings. The molecule has 17 heavy (non-hydrogen) atoms. The van der Waals surface area contributed by atoms with Crippen LogP contribution < -0.4 is 0 Å². The molecule has 1 saturated heterocycles. The minimum Gasteiger partial charge on any atom is -0.468 e. The Kier molecular flexibility index (Phi) is 3.45. The molecule has 1 aliphatic carbocycles. The second kappa shape index (κ2) is 4.85. The molecule has 94 valence electrons. The van der Waals surface area contributed by atoms with Crippen LogP contribution in [-0.2, 0) is 23.9 Å². The minimum atomic E-state index is -1.35. The van der Waals surface area contributed by atoms with Crippen LogP contribution in [-0.4, -0.2) is 30.9 Å². The largest absolute Gasteiger partial charge is 0.468 e. The van der Waals surface area contributed by atoms with Crippen molar-refractivity contribution in [1.29, 1.82) is 0 Å². The Morgan fingerprint density at radius 2 is 1.88 bits per heavy atom. The number of rotatable bonds is 2. The van der Waals surface area contributed by atoms with Crippen molar-refractivity contribution in [3.8, 4) is 0 Å². The summed E-state index contributed by atoms with van der Waals surface area (Å²) >= 11 is 0. The third kappa shape index (κ3) is 2.18. The smallest absolute Gasteiger partial charge is 0.328 e. The maximum absolute atomic E-state index is 12.0. The molecular formula is C12H16O5. The van der Waals surface area contributed by atoms with Gasteiger partial charge in [0.05, 0.1) is 7.11 Å². The van der Waals surface area contributed by atoms with Gasteiger partial charge in [0.1, 0.15) is 0 Å². The third-order valence-corrected chi connectivity index (χ3v) is 3.56. The molecule has 1 heterocycles. The molecule has 5 nitrogen and oxygen atoms in total. The lowest BCUT2D eigenvalue weighted by atomic mass is 9.82. The quantitative estimate of drug-likeness (QED) is 0.528. The zero-order valence-corrected chi connectivity index (χ0v) is 9.81. The average Bonchev–Trinajstić information content (AvgIpc) is 2.65. The number of ether oxygens (including phenoxy) is 2. The predicted molar refractivity (Wildman–Crippen MR) is 57.0 cm³/mol. The van der Waals surface area contributed by atoms with Crippen LogP contribution in [0, 0.1) is 11.8 Å². The molecule has 2 rings (SSSR count). The molecule has 0 bridgehead atoms. The van der Waals surface area contributed by atoms with Crippen LogP contribution in [0.5, 0.6) is 0 Å². The predicted octanol–water partition coefficient (Wildman–Crippen LogP) is 0.850. The number of hydrogen-bond donors (Lipinski definition) is 0. The maximum Gasteiger partial charge on any atom is 0.328 e. The summed E-state index contributed by atoms with van der Waals surface area (Å²) in [5.41, 5.74) is 0. The van der Waals surface area contributed by atoms with Gasteiger partial charge in [-0.2, -0.15) is 0 Å². The van der Waals surface area contributed by atoms with Crippen molar-refractivity contribution in [3.63, 3.8) is 0 Å². The van der Waals surface area contributed by atoms with Crippen molar-refractivity contribution >= 4 is 17.7 Å². The molecule has 0 amide bonds. The maximum atomic E-state index is 12.0. The first-order valence-electron chi connectivity index (χ1n) is 5.97. The molecule has 0 aromatic heterocycles. The van der Waals surface area contributed by atoms with Gasteiger partial charge in [-0.1, -0.05) is 19.3 Å². The lowest BCUT2D eigenvalue weighted by Crippen LogP contribution is -2.33. The van der Waals surface area contributed by atoms with Gasteiger partial charge in [0.15, 0.2) is 11.9 Å². The Bertz CT molecular complexity index is 343. The van der Waals surface area contributed by atoms with E-state index in [4.69, 9.17) is 4.74 Å². The summed E-state index contributed by atoms with van der Waals surface area (Å²) in [6.45, 7) is 0. The van der Waals surface area contributed by atoms with Crippen molar-refractivity contribution in [2.75, 3.05) is 7.11 Å². The van der Waals surface area contributed by atoms with Crippen molar-refractivity contribution in [2.24, 2.45) is 11.8 Å². The van der Waals surface area contributed by atoms with Crippen molar-refractivity contribution in [2.45, 2.75) is 38.2 Å². The van der Waals surface area contributed by atoms with Crippen molar-refractivity contribution in [3.05, 3.63) is 0 Å². The van der Waals surface area contributed by atoms with Gasteiger partial charge in [-0.05, 0) is 12.8 Å². The number of methoxy groups -OCH3 is 1. The lowest BCUT2D eigenvalue weighted by molar-refractivity contribution is -0.155. The molecule has 1 aliphatic heterocycles. The summed E-state index contributed by atoms with van der Waals surface area (Å²) in [6, 6.07) is 0. The highest BCUT2D eigenvalue weighted by Gasteiger charge is 2.51. The van der Waals surface area contributed by atoms with E-state index in [-0.39, 0.29) is 5.92 Å². The Hall–Kier alpha value is -1.39. The number of ketones is 1. The number of cyclic esters (lactones) is 1. The first-order chi connectivity index (χ1) is 8.15. The van der Waals surface area contributed by atoms with E-state index in [1.165, 1.54) is 0 Å². The van der Waals surface area contributed by atoms with E-state index in [1.807, 2.05) is 0 Å². The molecule has 2 atom stereocenters. The van der Waals surface area contributed by atoms with Crippen molar-refractivity contribution in [1.82, 2.24) is 0 Å². The zero-order valence-electron chi connectivity index (χ0n) is 9.81. The number of Topliss-reactive ketones (excluding diaryl/α,β-unsaturated/α-hetero) is 1. The fraction of sp³-hybridized carbons (Fsp3) is 0.750. The lowest BCUT2D eigenvalue weighted by Gasteiger charge is -2.24. The molecule has 2 unspecified atom stereocenters. The summed E-state index contributed by atoms with van der Waals surface area (Å²) in [4.78, 5) is 34.8. The van der Waals surface area contributed by atoms with Crippen LogP contribution in [0.2, 0.25) is 0 Å². The van der Waals surface area contributed by atoms with Gasteiger partial charge in [-0.3, -0.25) is 14.4 Å². The second-order valence-electron chi connectivity index (χ2n) is 4.61. The van der Waals surface area contributed by atoms with Gasteiger partial charge >= 0.3 is 11.9 Å². The Labute approximate surface area is 99.5 Å². The molecule has 0 N–H and O–H groups in total. The van der Waals surface area contributed by atoms with E-state index in [2.05, 4.69) is 4.74 Å². The van der Waals surface area contributed by atoms with Crippen LogP contribution in [0.15, 0.2) is 0 Å². The third-order valence-electron chi connectivity index (χ3n) is 3.56. The molecule has 0 spiro atoms. The molecule has 5 heteroatoms. The first kappa shape index (κ1) is 12.1. The highest BCUT2D eigenvalue weighted by atomic mass is 16.6. The molecule has 0 radical (unpaired) electrons. The first-order valence-corrected chi connectivity index (χ1v) is 5.97. The summed E-state index contributed by atoms with van der Waals surface area (Å²) in [6.07, 6.45) is 4.30. The number of hydrogen-bond acceptors (Lipinski definition) is 5. The van der Waals surface area contributed by atoms with Crippen LogP contribution in [0.1, 0.15) is 32.1 Å². The van der Waals surface area contributed by atoms with Crippen molar-refractivity contribution < 1.29 is 23.9 Å². The van der Waals surface area contributed by atoms with E-state index in [0.717, 1.165) is 39.2 Å². The standard InChI is InChI=1S/C12H16O5/c1-16-11(14)8-9(13)10(17-12(8)15)7-5-3-2-4-6-7/h7-8,10H,2-6H2,1H3. The van der Waals surface area contributed by atoms with Gasteiger partial charge in [0, 0.05) is 5.92 Å². The Morgan fingerprint density at radius 3 is 2.47 bits per heavy atom. The van der Waals surface area contributed by atoms with Crippen LogP contribution in [0.3, 0.4) is 0 Å². The minimum absolute atomic E-state index is 0.0786. The molecule has 1 saturated carbocycles. The fourth-order valence-electron chi connectivity index (χ4n) is 2.63. The normalized spacial score (nSPS) is 30.2.